The van der Waals surface area contributed by atoms with Crippen LogP contribution in [0.1, 0.15) is 39.5 Å². The molecule has 0 spiro atoms. The monoisotopic (exact) mass is 195 g/mol. The first-order valence-corrected chi connectivity index (χ1v) is 5.26. The Labute approximate surface area is 84.8 Å². The van der Waals surface area contributed by atoms with Gasteiger partial charge in [-0.15, -0.1) is 0 Å². The quantitative estimate of drug-likeness (QED) is 0.553. The lowest BCUT2D eigenvalue weighted by Gasteiger charge is -2.08. The third kappa shape index (κ3) is 1.59. The minimum Gasteiger partial charge on any atom is -0.278 e. The van der Waals surface area contributed by atoms with Crippen LogP contribution in [0.4, 0.5) is 0 Å². The summed E-state index contributed by atoms with van der Waals surface area (Å²) >= 11 is 0. The van der Waals surface area contributed by atoms with Gasteiger partial charge >= 0.3 is 0 Å². The molecule has 0 radical (unpaired) electrons. The van der Waals surface area contributed by atoms with Gasteiger partial charge in [-0.05, 0) is 25.7 Å². The molecule has 2 rings (SSSR count). The van der Waals surface area contributed by atoms with Gasteiger partial charge in [0.05, 0.1) is 0 Å². The van der Waals surface area contributed by atoms with Gasteiger partial charge in [-0.3, -0.25) is 14.5 Å². The number of amides is 2. The van der Waals surface area contributed by atoms with Crippen molar-refractivity contribution in [3.05, 3.63) is 11.1 Å². The molecule has 0 aromatic rings. The van der Waals surface area contributed by atoms with Gasteiger partial charge in [-0.2, -0.15) is 0 Å². The van der Waals surface area contributed by atoms with Gasteiger partial charge in [-0.25, -0.2) is 0 Å². The van der Waals surface area contributed by atoms with E-state index in [1.165, 1.54) is 4.90 Å². The molecule has 0 bridgehead atoms. The zero-order valence-electron chi connectivity index (χ0n) is 9.09. The molecule has 1 aliphatic carbocycles. The molecule has 3 nitrogen and oxygen atoms in total. The number of hydrogen-bond acceptors (Lipinski definition) is 2. The first-order valence-electron chi connectivity index (χ1n) is 5.26. The molecule has 0 N–H and O–H groups in total. The van der Waals surface area contributed by atoms with Crippen molar-refractivity contribution in [2.45, 2.75) is 39.5 Å². The second kappa shape index (κ2) is 4.40. The molecular weight excluding hydrogens is 178 g/mol. The third-order valence-corrected chi connectivity index (χ3v) is 2.59. The summed E-state index contributed by atoms with van der Waals surface area (Å²) in [7, 11) is 1.56. The van der Waals surface area contributed by atoms with E-state index in [9.17, 15) is 9.59 Å². The van der Waals surface area contributed by atoms with Gasteiger partial charge in [0.15, 0.2) is 0 Å². The minimum absolute atomic E-state index is 0.0744. The summed E-state index contributed by atoms with van der Waals surface area (Å²) in [6.07, 6.45) is 3.69. The Bertz CT molecular complexity index is 264. The van der Waals surface area contributed by atoms with Crippen LogP contribution in [0.3, 0.4) is 0 Å². The molecule has 1 aliphatic heterocycles. The van der Waals surface area contributed by atoms with E-state index in [2.05, 4.69) is 0 Å². The van der Waals surface area contributed by atoms with Crippen molar-refractivity contribution in [3.63, 3.8) is 0 Å². The van der Waals surface area contributed by atoms with Gasteiger partial charge in [0.25, 0.3) is 11.8 Å². The van der Waals surface area contributed by atoms with Crippen LogP contribution in [0.5, 0.6) is 0 Å². The lowest BCUT2D eigenvalue weighted by atomic mass is 9.93. The van der Waals surface area contributed by atoms with Crippen LogP contribution >= 0.6 is 0 Å². The first-order chi connectivity index (χ1) is 6.72. The molecule has 0 aromatic heterocycles. The third-order valence-electron chi connectivity index (χ3n) is 2.59. The summed E-state index contributed by atoms with van der Waals surface area (Å²) in [5.41, 5.74) is 1.54. The second-order valence-corrected chi connectivity index (χ2v) is 3.33. The molecule has 0 fully saturated rings. The summed E-state index contributed by atoms with van der Waals surface area (Å²) in [6, 6.07) is 0. The van der Waals surface area contributed by atoms with Crippen LogP contribution in [-0.2, 0) is 9.59 Å². The zero-order chi connectivity index (χ0) is 10.7. The Morgan fingerprint density at radius 3 is 1.64 bits per heavy atom. The predicted molar refractivity (Wildman–Crippen MR) is 54.6 cm³/mol. The molecule has 3 heteroatoms. The van der Waals surface area contributed by atoms with E-state index < -0.39 is 0 Å². The van der Waals surface area contributed by atoms with Crippen molar-refractivity contribution in [2.75, 3.05) is 7.05 Å². The zero-order valence-corrected chi connectivity index (χ0v) is 9.09. The van der Waals surface area contributed by atoms with E-state index in [0.29, 0.717) is 0 Å². The van der Waals surface area contributed by atoms with E-state index in [0.717, 1.165) is 36.8 Å². The number of hydrogen-bond donors (Lipinski definition) is 0. The smallest absolute Gasteiger partial charge is 0.256 e. The molecule has 0 unspecified atom stereocenters. The molecule has 1 heterocycles. The van der Waals surface area contributed by atoms with Gasteiger partial charge < -0.3 is 0 Å². The maximum Gasteiger partial charge on any atom is 0.256 e. The number of rotatable bonds is 0. The fraction of sp³-hybridized carbons (Fsp3) is 0.636. The van der Waals surface area contributed by atoms with Crippen LogP contribution in [0, 0.1) is 0 Å². The Hall–Kier alpha value is -1.12. The number of likely N-dealkylation sites (N-methyl/N-ethyl adjacent to an activating group) is 1. The summed E-state index contributed by atoms with van der Waals surface area (Å²) in [6.45, 7) is 4.00. The average Bonchev–Trinajstić information content (AvgIpc) is 2.48. The average molecular weight is 195 g/mol. The number of carbonyl (C=O) groups excluding carboxylic acids is 2. The van der Waals surface area contributed by atoms with Crippen LogP contribution in [0.25, 0.3) is 0 Å². The van der Waals surface area contributed by atoms with Crippen molar-refractivity contribution < 1.29 is 9.59 Å². The summed E-state index contributed by atoms with van der Waals surface area (Å²) in [4.78, 5) is 24.0. The SMILES string of the molecule is CC.CN1C(=O)C2=C(CCCC2)C1=O. The fourth-order valence-electron chi connectivity index (χ4n) is 1.87. The normalized spacial score (nSPS) is 20.6. The molecule has 0 atom stereocenters. The van der Waals surface area contributed by atoms with Crippen molar-refractivity contribution in [2.24, 2.45) is 0 Å². The van der Waals surface area contributed by atoms with Crippen molar-refractivity contribution in [1.82, 2.24) is 4.90 Å². The molecule has 0 saturated carbocycles. The van der Waals surface area contributed by atoms with E-state index in [1.54, 1.807) is 7.05 Å². The van der Waals surface area contributed by atoms with E-state index >= 15 is 0 Å². The molecule has 78 valence electrons. The van der Waals surface area contributed by atoms with Crippen LogP contribution in [-0.4, -0.2) is 23.8 Å². The van der Waals surface area contributed by atoms with Crippen LogP contribution < -0.4 is 0 Å². The highest BCUT2D eigenvalue weighted by atomic mass is 16.2. The van der Waals surface area contributed by atoms with Crippen molar-refractivity contribution in [1.29, 1.82) is 0 Å². The van der Waals surface area contributed by atoms with E-state index in [4.69, 9.17) is 0 Å². The summed E-state index contributed by atoms with van der Waals surface area (Å²) in [5.74, 6) is -0.149. The molecule has 0 aromatic carbocycles. The highest BCUT2D eigenvalue weighted by molar-refractivity contribution is 6.19. The lowest BCUT2D eigenvalue weighted by molar-refractivity contribution is -0.135. The molecule has 2 amide bonds. The van der Waals surface area contributed by atoms with E-state index in [1.807, 2.05) is 13.8 Å². The Balaban J connectivity index is 0.000000461. The maximum absolute atomic E-state index is 11.4. The highest BCUT2D eigenvalue weighted by Gasteiger charge is 2.35. The fourth-order valence-corrected chi connectivity index (χ4v) is 1.87. The van der Waals surface area contributed by atoms with Crippen molar-refractivity contribution in [3.8, 4) is 0 Å². The maximum atomic E-state index is 11.4. The summed E-state index contributed by atoms with van der Waals surface area (Å²) in [5, 5.41) is 0. The first kappa shape index (κ1) is 11.0. The lowest BCUT2D eigenvalue weighted by Crippen LogP contribution is -2.26. The van der Waals surface area contributed by atoms with Gasteiger partial charge in [0.2, 0.25) is 0 Å². The van der Waals surface area contributed by atoms with Gasteiger partial charge in [-0.1, -0.05) is 13.8 Å². The highest BCUT2D eigenvalue weighted by Crippen LogP contribution is 2.31. The topological polar surface area (TPSA) is 37.4 Å². The molecule has 2 aliphatic rings. The predicted octanol–water partition coefficient (Wildman–Crippen LogP) is 1.88. The largest absolute Gasteiger partial charge is 0.278 e. The van der Waals surface area contributed by atoms with E-state index in [-0.39, 0.29) is 11.8 Å². The number of carbonyl (C=O) groups is 2. The standard InChI is InChI=1S/C9H11NO2.C2H6/c1-10-8(11)6-4-2-3-5-7(6)9(10)12;1-2/h2-5H2,1H3;1-2H3. The van der Waals surface area contributed by atoms with Gasteiger partial charge in [0.1, 0.15) is 0 Å². The molecule has 0 saturated heterocycles. The molecular formula is C11H17NO2. The summed E-state index contributed by atoms with van der Waals surface area (Å²) < 4.78 is 0. The molecule has 14 heavy (non-hydrogen) atoms. The number of imide groups is 1. The van der Waals surface area contributed by atoms with Crippen LogP contribution in [0.2, 0.25) is 0 Å². The minimum atomic E-state index is -0.0744. The van der Waals surface area contributed by atoms with Crippen molar-refractivity contribution >= 4 is 11.8 Å². The second-order valence-electron chi connectivity index (χ2n) is 3.33. The number of nitrogens with zero attached hydrogens (tertiary/aromatic N) is 1. The Morgan fingerprint density at radius 2 is 1.29 bits per heavy atom. The van der Waals surface area contributed by atoms with Crippen LogP contribution in [0.15, 0.2) is 11.1 Å². The Kier molecular flexibility index (Phi) is 3.44. The Morgan fingerprint density at radius 1 is 0.929 bits per heavy atom. The van der Waals surface area contributed by atoms with Gasteiger partial charge in [0, 0.05) is 18.2 Å².